The highest BCUT2D eigenvalue weighted by Gasteiger charge is 2.39. The number of H-pyrrole nitrogens is 2. The number of fused-ring (bicyclic) bond motifs is 2. The van der Waals surface area contributed by atoms with Crippen molar-refractivity contribution in [3.63, 3.8) is 0 Å². The van der Waals surface area contributed by atoms with Crippen LogP contribution in [0.1, 0.15) is 60.1 Å². The second kappa shape index (κ2) is 7.78. The third-order valence-corrected chi connectivity index (χ3v) is 11.1. The van der Waals surface area contributed by atoms with Crippen molar-refractivity contribution in [3.8, 4) is 5.75 Å². The Hall–Kier alpha value is -3.12. The fourth-order valence-corrected chi connectivity index (χ4v) is 4.91. The SMILES string of the molecule is Cc1ccc2c(c1)C=Cc1cc(O[Si](C)(C)C(C)(C)C)ccc1C2c1c[nH]c(=O)[nH]c1=O. The Balaban J connectivity index is 1.90. The molecule has 2 aromatic carbocycles. The summed E-state index contributed by atoms with van der Waals surface area (Å²) < 4.78 is 6.54. The van der Waals surface area contributed by atoms with E-state index in [0.29, 0.717) is 5.56 Å². The molecular weight excluding hydrogens is 416 g/mol. The normalized spacial score (nSPS) is 15.6. The lowest BCUT2D eigenvalue weighted by atomic mass is 9.83. The molecular formula is C26H30N2O3Si. The van der Waals surface area contributed by atoms with Crippen LogP contribution in [0.15, 0.2) is 52.2 Å². The van der Waals surface area contributed by atoms with Gasteiger partial charge in [-0.1, -0.05) is 62.8 Å². The molecule has 5 nitrogen and oxygen atoms in total. The first-order valence-electron chi connectivity index (χ1n) is 10.9. The van der Waals surface area contributed by atoms with Crippen molar-refractivity contribution in [3.05, 3.63) is 96.8 Å². The molecule has 0 bridgehead atoms. The predicted molar refractivity (Wildman–Crippen MR) is 133 cm³/mol. The van der Waals surface area contributed by atoms with Gasteiger partial charge in [-0.3, -0.25) is 9.78 Å². The summed E-state index contributed by atoms with van der Waals surface area (Å²) in [6.45, 7) is 13.2. The highest BCUT2D eigenvalue weighted by molar-refractivity contribution is 6.74. The van der Waals surface area contributed by atoms with Gasteiger partial charge in [0, 0.05) is 17.7 Å². The molecule has 1 heterocycles. The molecule has 166 valence electrons. The minimum absolute atomic E-state index is 0.0924. The number of aromatic amines is 2. The van der Waals surface area contributed by atoms with Crippen LogP contribution < -0.4 is 15.7 Å². The fraction of sp³-hybridized carbons (Fsp3) is 0.308. The Morgan fingerprint density at radius 2 is 1.53 bits per heavy atom. The van der Waals surface area contributed by atoms with Crippen LogP contribution >= 0.6 is 0 Å². The Morgan fingerprint density at radius 3 is 2.16 bits per heavy atom. The highest BCUT2D eigenvalue weighted by Crippen LogP contribution is 2.41. The van der Waals surface area contributed by atoms with E-state index in [1.807, 2.05) is 12.1 Å². The first-order chi connectivity index (χ1) is 15.0. The van der Waals surface area contributed by atoms with Crippen molar-refractivity contribution in [1.29, 1.82) is 0 Å². The van der Waals surface area contributed by atoms with Crippen LogP contribution in [0.3, 0.4) is 0 Å². The molecule has 1 unspecified atom stereocenters. The molecule has 0 saturated heterocycles. The van der Waals surface area contributed by atoms with Crippen molar-refractivity contribution < 1.29 is 4.43 Å². The topological polar surface area (TPSA) is 75.0 Å². The van der Waals surface area contributed by atoms with Gasteiger partial charge in [-0.2, -0.15) is 0 Å². The molecule has 1 aliphatic carbocycles. The average Bonchev–Trinajstić information content (AvgIpc) is 2.83. The van der Waals surface area contributed by atoms with Gasteiger partial charge >= 0.3 is 5.69 Å². The molecule has 0 amide bonds. The number of aromatic nitrogens is 2. The van der Waals surface area contributed by atoms with E-state index < -0.39 is 14.0 Å². The zero-order valence-corrected chi connectivity index (χ0v) is 20.5. The molecule has 0 radical (unpaired) electrons. The summed E-state index contributed by atoms with van der Waals surface area (Å²) >= 11 is 0. The van der Waals surface area contributed by atoms with E-state index in [9.17, 15) is 9.59 Å². The van der Waals surface area contributed by atoms with Crippen LogP contribution in [0.25, 0.3) is 12.2 Å². The van der Waals surface area contributed by atoms with Gasteiger partial charge in [-0.05, 0) is 59.4 Å². The number of nitrogens with one attached hydrogen (secondary N) is 2. The molecule has 0 spiro atoms. The molecule has 1 aliphatic rings. The Labute approximate surface area is 189 Å². The lowest BCUT2D eigenvalue weighted by molar-refractivity contribution is 0.492. The second-order valence-corrected chi connectivity index (χ2v) is 14.8. The molecule has 0 aliphatic heterocycles. The molecule has 2 N–H and O–H groups in total. The maximum absolute atomic E-state index is 12.8. The zero-order valence-electron chi connectivity index (χ0n) is 19.5. The monoisotopic (exact) mass is 446 g/mol. The first-order valence-corrected chi connectivity index (χ1v) is 13.8. The van der Waals surface area contributed by atoms with E-state index in [1.165, 1.54) is 6.20 Å². The largest absolute Gasteiger partial charge is 0.543 e. The summed E-state index contributed by atoms with van der Waals surface area (Å²) in [5.41, 5.74) is 4.88. The molecule has 1 atom stereocenters. The van der Waals surface area contributed by atoms with Crippen LogP contribution in [0.5, 0.6) is 5.75 Å². The molecule has 32 heavy (non-hydrogen) atoms. The van der Waals surface area contributed by atoms with Gasteiger partial charge in [0.05, 0.1) is 0 Å². The highest BCUT2D eigenvalue weighted by atomic mass is 28.4. The molecule has 0 fully saturated rings. The van der Waals surface area contributed by atoms with Crippen LogP contribution in [0.2, 0.25) is 18.1 Å². The van der Waals surface area contributed by atoms with Crippen molar-refractivity contribution >= 4 is 20.5 Å². The van der Waals surface area contributed by atoms with E-state index in [0.717, 1.165) is 33.6 Å². The molecule has 6 heteroatoms. The van der Waals surface area contributed by atoms with Gasteiger partial charge in [-0.25, -0.2) is 4.79 Å². The maximum Gasteiger partial charge on any atom is 0.325 e. The quantitative estimate of drug-likeness (QED) is 0.413. The maximum atomic E-state index is 12.8. The fourth-order valence-electron chi connectivity index (χ4n) is 3.89. The zero-order chi connectivity index (χ0) is 23.3. The van der Waals surface area contributed by atoms with Gasteiger partial charge in [0.15, 0.2) is 0 Å². The minimum atomic E-state index is -1.99. The summed E-state index contributed by atoms with van der Waals surface area (Å²) in [5.74, 6) is 0.536. The number of rotatable bonds is 3. The third-order valence-electron chi connectivity index (χ3n) is 6.70. The Bertz CT molecular complexity index is 1330. The Morgan fingerprint density at radius 1 is 0.906 bits per heavy atom. The van der Waals surface area contributed by atoms with Gasteiger partial charge in [0.1, 0.15) is 5.75 Å². The van der Waals surface area contributed by atoms with Gasteiger partial charge < -0.3 is 9.41 Å². The number of aryl methyl sites for hydroxylation is 1. The molecule has 3 aromatic rings. The molecule has 0 saturated carbocycles. The van der Waals surface area contributed by atoms with E-state index in [2.05, 4.69) is 87.2 Å². The van der Waals surface area contributed by atoms with Gasteiger partial charge in [0.25, 0.3) is 5.56 Å². The number of hydrogen-bond acceptors (Lipinski definition) is 3. The second-order valence-electron chi connectivity index (χ2n) is 10.1. The number of hydrogen-bond donors (Lipinski definition) is 2. The van der Waals surface area contributed by atoms with E-state index in [-0.39, 0.29) is 16.5 Å². The summed E-state index contributed by atoms with van der Waals surface area (Å²) in [6, 6.07) is 12.4. The predicted octanol–water partition coefficient (Wildman–Crippen LogP) is 5.42. The minimum Gasteiger partial charge on any atom is -0.543 e. The lowest BCUT2D eigenvalue weighted by Crippen LogP contribution is -2.43. The van der Waals surface area contributed by atoms with Gasteiger partial charge in [-0.15, -0.1) is 0 Å². The standard InChI is InChI=1S/C26H30N2O3Si/c1-16-7-11-20-17(13-16)8-9-18-14-19(31-32(5,6)26(2,3)4)10-12-21(18)23(20)22-15-27-25(30)28-24(22)29/h7-15,23H,1-6H3,(H2,27,28,29,30). The molecule has 1 aromatic heterocycles. The van der Waals surface area contributed by atoms with Gasteiger partial charge in [0.2, 0.25) is 8.32 Å². The van der Waals surface area contributed by atoms with Crippen LogP contribution in [-0.2, 0) is 0 Å². The van der Waals surface area contributed by atoms with Crippen molar-refractivity contribution in [2.45, 2.75) is 51.7 Å². The number of benzene rings is 2. The summed E-state index contributed by atoms with van der Waals surface area (Å²) in [7, 11) is -1.99. The summed E-state index contributed by atoms with van der Waals surface area (Å²) in [6.07, 6.45) is 5.72. The van der Waals surface area contributed by atoms with Crippen LogP contribution in [0, 0.1) is 6.92 Å². The van der Waals surface area contributed by atoms with E-state index in [4.69, 9.17) is 4.43 Å². The third kappa shape index (κ3) is 4.02. The summed E-state index contributed by atoms with van der Waals surface area (Å²) in [4.78, 5) is 29.5. The first kappa shape index (κ1) is 22.1. The van der Waals surface area contributed by atoms with Crippen molar-refractivity contribution in [2.24, 2.45) is 0 Å². The average molecular weight is 447 g/mol. The summed E-state index contributed by atoms with van der Waals surface area (Å²) in [5, 5.41) is 0.0924. The smallest absolute Gasteiger partial charge is 0.325 e. The van der Waals surface area contributed by atoms with Crippen LogP contribution in [0.4, 0.5) is 0 Å². The van der Waals surface area contributed by atoms with Crippen molar-refractivity contribution in [2.75, 3.05) is 0 Å². The lowest BCUT2D eigenvalue weighted by Gasteiger charge is -2.36. The molecule has 4 rings (SSSR count). The Kier molecular flexibility index (Phi) is 5.37. The van der Waals surface area contributed by atoms with Crippen LogP contribution in [-0.4, -0.2) is 18.3 Å². The van der Waals surface area contributed by atoms with E-state index in [1.54, 1.807) is 0 Å². The van der Waals surface area contributed by atoms with Crippen molar-refractivity contribution in [1.82, 2.24) is 9.97 Å². The van der Waals surface area contributed by atoms with E-state index >= 15 is 0 Å².